The van der Waals surface area contributed by atoms with Gasteiger partial charge in [0, 0.05) is 18.2 Å². The largest absolute Gasteiger partial charge is 0.497 e. The van der Waals surface area contributed by atoms with Gasteiger partial charge in [0.05, 0.1) is 20.3 Å². The van der Waals surface area contributed by atoms with Crippen molar-refractivity contribution in [2.24, 2.45) is 0 Å². The zero-order valence-corrected chi connectivity index (χ0v) is 16.8. The number of hydrogen-bond donors (Lipinski definition) is 0. The molecule has 1 amide bonds. The number of methoxy groups -OCH3 is 2. The molecule has 0 aromatic heterocycles. The molecule has 1 heterocycles. The van der Waals surface area contributed by atoms with Crippen molar-refractivity contribution in [1.29, 1.82) is 0 Å². The van der Waals surface area contributed by atoms with Gasteiger partial charge in [-0.15, -0.1) is 0 Å². The first-order chi connectivity index (χ1) is 13.5. The number of carbonyl (C=O) groups is 1. The minimum absolute atomic E-state index is 0.0111. The Morgan fingerprint density at radius 3 is 2.46 bits per heavy atom. The highest BCUT2D eigenvalue weighted by molar-refractivity contribution is 5.84. The molecule has 150 valence electrons. The molecule has 0 unspecified atom stereocenters. The lowest BCUT2D eigenvalue weighted by molar-refractivity contribution is -0.137. The summed E-state index contributed by atoms with van der Waals surface area (Å²) in [4.78, 5) is 17.3. The molecular weight excluding hydrogens is 359 g/mol. The number of likely N-dealkylation sites (N-methyl/N-ethyl adjacent to an activating group) is 1. The monoisotopic (exact) mass is 386 g/mol. The van der Waals surface area contributed by atoms with E-state index in [9.17, 15) is 9.18 Å². The van der Waals surface area contributed by atoms with Crippen LogP contribution in [0.2, 0.25) is 0 Å². The van der Waals surface area contributed by atoms with Gasteiger partial charge in [0.25, 0.3) is 0 Å². The van der Waals surface area contributed by atoms with Gasteiger partial charge in [-0.25, -0.2) is 4.39 Å². The van der Waals surface area contributed by atoms with E-state index in [0.29, 0.717) is 18.0 Å². The van der Waals surface area contributed by atoms with Crippen LogP contribution in [0.5, 0.6) is 11.5 Å². The van der Waals surface area contributed by atoms with Gasteiger partial charge < -0.3 is 14.4 Å². The maximum Gasteiger partial charge on any atom is 0.245 e. The summed E-state index contributed by atoms with van der Waals surface area (Å²) >= 11 is 0. The smallest absolute Gasteiger partial charge is 0.245 e. The van der Waals surface area contributed by atoms with Crippen LogP contribution < -0.4 is 9.47 Å². The first-order valence-corrected chi connectivity index (χ1v) is 9.40. The summed E-state index contributed by atoms with van der Waals surface area (Å²) in [6.45, 7) is 0.685. The first-order valence-electron chi connectivity index (χ1n) is 9.40. The van der Waals surface area contributed by atoms with Gasteiger partial charge in [-0.1, -0.05) is 12.1 Å². The number of amides is 1. The normalized spacial score (nSPS) is 17.6. The fourth-order valence-corrected chi connectivity index (χ4v) is 3.91. The standard InChI is InChI=1S/C22H27FN2O3/c1-24(2)21(15-7-9-16(23)10-8-15)22(26)25-13-5-6-19(25)18-12-11-17(27-3)14-20(18)28-4/h7-12,14,19,21H,5-6,13H2,1-4H3/t19-,21-/m1/s1. The van der Waals surface area contributed by atoms with Crippen LogP contribution in [0.4, 0.5) is 4.39 Å². The number of nitrogens with zero attached hydrogens (tertiary/aromatic N) is 2. The van der Waals surface area contributed by atoms with Gasteiger partial charge in [0.2, 0.25) is 5.91 Å². The van der Waals surface area contributed by atoms with Gasteiger partial charge >= 0.3 is 0 Å². The predicted octanol–water partition coefficient (Wildman–Crippen LogP) is 3.81. The molecule has 0 N–H and O–H groups in total. The molecule has 1 aliphatic rings. The molecule has 2 atom stereocenters. The molecule has 1 saturated heterocycles. The van der Waals surface area contributed by atoms with Crippen molar-refractivity contribution in [3.63, 3.8) is 0 Å². The molecule has 2 aromatic rings. The molecule has 0 spiro atoms. The van der Waals surface area contributed by atoms with Gasteiger partial charge in [-0.05, 0) is 56.8 Å². The predicted molar refractivity (Wildman–Crippen MR) is 106 cm³/mol. The molecule has 1 aliphatic heterocycles. The Kier molecular flexibility index (Phi) is 6.19. The molecule has 0 bridgehead atoms. The topological polar surface area (TPSA) is 42.0 Å². The summed E-state index contributed by atoms with van der Waals surface area (Å²) in [5.74, 6) is 1.13. The zero-order chi connectivity index (χ0) is 20.3. The Morgan fingerprint density at radius 1 is 1.14 bits per heavy atom. The number of rotatable bonds is 6. The third-order valence-corrected chi connectivity index (χ3v) is 5.27. The fraction of sp³-hybridized carbons (Fsp3) is 0.409. The number of likely N-dealkylation sites (tertiary alicyclic amines) is 1. The van der Waals surface area contributed by atoms with Crippen LogP contribution in [0.15, 0.2) is 42.5 Å². The summed E-state index contributed by atoms with van der Waals surface area (Å²) in [5, 5.41) is 0. The van der Waals surface area contributed by atoms with Crippen molar-refractivity contribution in [2.75, 3.05) is 34.9 Å². The Morgan fingerprint density at radius 2 is 1.86 bits per heavy atom. The summed E-state index contributed by atoms with van der Waals surface area (Å²) < 4.78 is 24.2. The maximum absolute atomic E-state index is 13.5. The quantitative estimate of drug-likeness (QED) is 0.757. The Labute approximate surface area is 165 Å². The van der Waals surface area contributed by atoms with E-state index in [2.05, 4.69) is 0 Å². The number of ether oxygens (including phenoxy) is 2. The Balaban J connectivity index is 1.92. The van der Waals surface area contributed by atoms with E-state index in [0.717, 1.165) is 24.0 Å². The maximum atomic E-state index is 13.5. The van der Waals surface area contributed by atoms with E-state index < -0.39 is 6.04 Å². The van der Waals surface area contributed by atoms with Gasteiger partial charge in [-0.2, -0.15) is 0 Å². The number of benzene rings is 2. The third kappa shape index (κ3) is 3.97. The highest BCUT2D eigenvalue weighted by atomic mass is 19.1. The van der Waals surface area contributed by atoms with Crippen LogP contribution in [0, 0.1) is 5.82 Å². The molecule has 0 aliphatic carbocycles. The number of carbonyl (C=O) groups excluding carboxylic acids is 1. The molecule has 3 rings (SSSR count). The molecular formula is C22H27FN2O3. The SMILES string of the molecule is COc1ccc([C@H]2CCCN2C(=O)[C@@H](c2ccc(F)cc2)N(C)C)c(OC)c1. The van der Waals surface area contributed by atoms with Gasteiger partial charge in [-0.3, -0.25) is 9.69 Å². The van der Waals surface area contributed by atoms with Crippen molar-refractivity contribution in [1.82, 2.24) is 9.80 Å². The van der Waals surface area contributed by atoms with E-state index >= 15 is 0 Å². The van der Waals surface area contributed by atoms with Crippen LogP contribution in [-0.4, -0.2) is 50.6 Å². The second kappa shape index (κ2) is 8.61. The van der Waals surface area contributed by atoms with Crippen LogP contribution in [0.1, 0.15) is 36.1 Å². The van der Waals surface area contributed by atoms with Gasteiger partial charge in [0.1, 0.15) is 23.4 Å². The van der Waals surface area contributed by atoms with Crippen molar-refractivity contribution in [3.05, 3.63) is 59.4 Å². The lowest BCUT2D eigenvalue weighted by Crippen LogP contribution is -2.40. The Bertz CT molecular complexity index is 823. The molecule has 2 aromatic carbocycles. The molecule has 28 heavy (non-hydrogen) atoms. The summed E-state index contributed by atoms with van der Waals surface area (Å²) in [6, 6.07) is 11.3. The van der Waals surface area contributed by atoms with Crippen LogP contribution >= 0.6 is 0 Å². The minimum Gasteiger partial charge on any atom is -0.497 e. The van der Waals surface area contributed by atoms with E-state index in [1.807, 2.05) is 42.1 Å². The van der Waals surface area contributed by atoms with E-state index in [4.69, 9.17) is 9.47 Å². The van der Waals surface area contributed by atoms with Crippen LogP contribution in [0.3, 0.4) is 0 Å². The van der Waals surface area contributed by atoms with Crippen molar-refractivity contribution in [2.45, 2.75) is 24.9 Å². The average Bonchev–Trinajstić information content (AvgIpc) is 3.18. The van der Waals surface area contributed by atoms with Crippen LogP contribution in [-0.2, 0) is 4.79 Å². The Hall–Kier alpha value is -2.60. The zero-order valence-electron chi connectivity index (χ0n) is 16.8. The summed E-state index contributed by atoms with van der Waals surface area (Å²) in [6.07, 6.45) is 1.80. The molecule has 1 fully saturated rings. The van der Waals surface area contributed by atoms with Crippen molar-refractivity contribution < 1.29 is 18.7 Å². The first kappa shape index (κ1) is 20.1. The fourth-order valence-electron chi connectivity index (χ4n) is 3.91. The molecule has 5 nitrogen and oxygen atoms in total. The second-order valence-corrected chi connectivity index (χ2v) is 7.22. The summed E-state index contributed by atoms with van der Waals surface area (Å²) in [5.41, 5.74) is 1.76. The van der Waals surface area contributed by atoms with Crippen LogP contribution in [0.25, 0.3) is 0 Å². The number of halogens is 1. The highest BCUT2D eigenvalue weighted by Crippen LogP contribution is 2.40. The lowest BCUT2D eigenvalue weighted by Gasteiger charge is -2.33. The minimum atomic E-state index is -0.467. The van der Waals surface area contributed by atoms with E-state index in [-0.39, 0.29) is 17.8 Å². The summed E-state index contributed by atoms with van der Waals surface area (Å²) in [7, 11) is 6.97. The van der Waals surface area contributed by atoms with E-state index in [1.165, 1.54) is 12.1 Å². The van der Waals surface area contributed by atoms with E-state index in [1.54, 1.807) is 26.4 Å². The lowest BCUT2D eigenvalue weighted by atomic mass is 10.0. The second-order valence-electron chi connectivity index (χ2n) is 7.22. The molecule has 0 saturated carbocycles. The molecule has 6 heteroatoms. The highest BCUT2D eigenvalue weighted by Gasteiger charge is 2.36. The van der Waals surface area contributed by atoms with Crippen molar-refractivity contribution >= 4 is 5.91 Å². The van der Waals surface area contributed by atoms with Gasteiger partial charge in [0.15, 0.2) is 0 Å². The number of hydrogen-bond acceptors (Lipinski definition) is 4. The average molecular weight is 386 g/mol. The molecule has 0 radical (unpaired) electrons. The third-order valence-electron chi connectivity index (χ3n) is 5.27. The van der Waals surface area contributed by atoms with Crippen molar-refractivity contribution in [3.8, 4) is 11.5 Å².